The molecule has 12 atom stereocenters. The minimum atomic E-state index is -1.66. The van der Waals surface area contributed by atoms with Crippen LogP contribution in [-0.2, 0) is 28.6 Å². The van der Waals surface area contributed by atoms with Crippen molar-refractivity contribution in [2.45, 2.75) is 81.6 Å². The summed E-state index contributed by atoms with van der Waals surface area (Å²) in [5.41, 5.74) is -6.52. The number of esters is 2. The smallest absolute Gasteiger partial charge is 0.335 e. The van der Waals surface area contributed by atoms with E-state index >= 15 is 0 Å². The second kappa shape index (κ2) is 6.47. The van der Waals surface area contributed by atoms with E-state index < -0.39 is 86.8 Å². The summed E-state index contributed by atoms with van der Waals surface area (Å²) in [5.74, 6) is -4.48. The number of carbonyl (C=O) groups excluding carboxylic acids is 3. The van der Waals surface area contributed by atoms with E-state index in [1.807, 2.05) is 6.92 Å². The number of aliphatic hydroxyl groups is 3. The SMILES string of the molecule is COC(=O)[C@@H](O)[C@H]1C2(C)CC3(O)C(C(=O)[C@H]2O)[C@]24O[C@]25CC(=O)O[C@@H](c2ccoc2)[C@]5(C)CCC4[C@]13C. The molecule has 0 amide bonds. The highest BCUT2D eigenvalue weighted by Crippen LogP contribution is 2.88. The number of aliphatic hydroxyl groups excluding tert-OH is 2. The lowest BCUT2D eigenvalue weighted by Crippen LogP contribution is -2.64. The zero-order valence-corrected chi connectivity index (χ0v) is 21.2. The van der Waals surface area contributed by atoms with Gasteiger partial charge in [0.25, 0.3) is 0 Å². The maximum absolute atomic E-state index is 14.0. The fraction of sp³-hybridized carbons (Fsp3) is 0.741. The molecule has 2 saturated heterocycles. The predicted molar refractivity (Wildman–Crippen MR) is 121 cm³/mol. The Morgan fingerprint density at radius 1 is 1.24 bits per heavy atom. The van der Waals surface area contributed by atoms with E-state index in [1.165, 1.54) is 19.6 Å². The topological polar surface area (TPSA) is 156 Å². The predicted octanol–water partition coefficient (Wildman–Crippen LogP) is 1.06. The first kappa shape index (κ1) is 23.8. The van der Waals surface area contributed by atoms with Crippen molar-refractivity contribution in [1.82, 2.24) is 0 Å². The molecule has 7 rings (SSSR count). The van der Waals surface area contributed by atoms with Gasteiger partial charge < -0.3 is 33.9 Å². The maximum atomic E-state index is 14.0. The van der Waals surface area contributed by atoms with E-state index in [1.54, 1.807) is 19.9 Å². The van der Waals surface area contributed by atoms with Gasteiger partial charge in [0, 0.05) is 33.6 Å². The Morgan fingerprint density at radius 2 is 1.97 bits per heavy atom. The quantitative estimate of drug-likeness (QED) is 0.392. The van der Waals surface area contributed by atoms with Crippen molar-refractivity contribution in [3.05, 3.63) is 24.2 Å². The van der Waals surface area contributed by atoms with Gasteiger partial charge in [0.05, 0.1) is 37.6 Å². The number of fused-ring (bicyclic) bond motifs is 2. The molecular formula is C27H32O10. The van der Waals surface area contributed by atoms with Crippen molar-refractivity contribution in [3.63, 3.8) is 0 Å². The first-order chi connectivity index (χ1) is 17.3. The van der Waals surface area contributed by atoms with Gasteiger partial charge in [-0.25, -0.2) is 4.79 Å². The second-order valence-corrected chi connectivity index (χ2v) is 12.9. The summed E-state index contributed by atoms with van der Waals surface area (Å²) in [4.78, 5) is 39.8. The van der Waals surface area contributed by atoms with Gasteiger partial charge in [-0.2, -0.15) is 0 Å². The van der Waals surface area contributed by atoms with E-state index in [4.69, 9.17) is 18.6 Å². The van der Waals surface area contributed by atoms with Gasteiger partial charge in [-0.3, -0.25) is 9.59 Å². The molecule has 1 aromatic heterocycles. The van der Waals surface area contributed by atoms with E-state index in [0.717, 1.165) is 0 Å². The standard InChI is InChI=1S/C27H32O10/c1-22-11-25(33)18(15(29)19(22)31)27-13(24(25,3)17(22)16(30)21(32)34-4)5-7-23(2)20(12-6-8-35-10-12)36-14(28)9-26(23,27)37-27/h6,8,10,13,16-20,30-31,33H,5,7,9,11H2,1-4H3/t13?,16-,17-,18?,19+,20-,22?,23-,24+,25?,26-,27-/m0/s1. The molecule has 37 heavy (non-hydrogen) atoms. The first-order valence-corrected chi connectivity index (χ1v) is 12.9. The van der Waals surface area contributed by atoms with Crippen molar-refractivity contribution in [3.8, 4) is 0 Å². The van der Waals surface area contributed by atoms with Crippen molar-refractivity contribution >= 4 is 17.7 Å². The molecular weight excluding hydrogens is 484 g/mol. The Labute approximate surface area is 213 Å². The van der Waals surface area contributed by atoms with Gasteiger partial charge in [0.1, 0.15) is 23.4 Å². The average molecular weight is 517 g/mol. The summed E-state index contributed by atoms with van der Waals surface area (Å²) >= 11 is 0. The lowest BCUT2D eigenvalue weighted by Gasteiger charge is -2.54. The van der Waals surface area contributed by atoms with Crippen LogP contribution in [0.4, 0.5) is 0 Å². The molecule has 0 aromatic carbocycles. The second-order valence-electron chi connectivity index (χ2n) is 12.9. The minimum Gasteiger partial charge on any atom is -0.472 e. The molecule has 4 aliphatic carbocycles. The van der Waals surface area contributed by atoms with Crippen LogP contribution in [0.15, 0.2) is 23.0 Å². The molecule has 4 saturated carbocycles. The maximum Gasteiger partial charge on any atom is 0.335 e. The number of Topliss-reactive ketones (excluding diaryl/α,β-unsaturated/α-hetero) is 1. The normalized spacial score (nSPS) is 55.6. The Hall–Kier alpha value is -2.27. The van der Waals surface area contributed by atoms with Crippen LogP contribution in [0.25, 0.3) is 0 Å². The highest BCUT2D eigenvalue weighted by Gasteiger charge is 2.99. The molecule has 3 heterocycles. The summed E-state index contributed by atoms with van der Waals surface area (Å²) in [7, 11) is 1.17. The van der Waals surface area contributed by atoms with Crippen molar-refractivity contribution in [2.24, 2.45) is 34.0 Å². The van der Waals surface area contributed by atoms with E-state index in [-0.39, 0.29) is 12.8 Å². The van der Waals surface area contributed by atoms with E-state index in [9.17, 15) is 29.7 Å². The third-order valence-electron chi connectivity index (χ3n) is 11.9. The molecule has 6 fully saturated rings. The zero-order chi connectivity index (χ0) is 26.6. The van der Waals surface area contributed by atoms with E-state index in [2.05, 4.69) is 0 Å². The largest absolute Gasteiger partial charge is 0.472 e. The Bertz CT molecular complexity index is 1240. The highest BCUT2D eigenvalue weighted by molar-refractivity contribution is 5.93. The third kappa shape index (κ3) is 2.11. The van der Waals surface area contributed by atoms with Crippen molar-refractivity contribution in [2.75, 3.05) is 7.11 Å². The minimum absolute atomic E-state index is 0.0107. The molecule has 0 radical (unpaired) electrons. The van der Waals surface area contributed by atoms with Crippen LogP contribution in [0.5, 0.6) is 0 Å². The first-order valence-electron chi connectivity index (χ1n) is 12.9. The molecule has 6 aliphatic rings. The molecule has 1 aromatic rings. The summed E-state index contributed by atoms with van der Waals surface area (Å²) in [5, 5.41) is 35.2. The van der Waals surface area contributed by atoms with Gasteiger partial charge in [-0.05, 0) is 25.3 Å². The van der Waals surface area contributed by atoms with Gasteiger partial charge in [0.15, 0.2) is 11.9 Å². The lowest BCUT2D eigenvalue weighted by molar-refractivity contribution is -0.185. The van der Waals surface area contributed by atoms with Crippen LogP contribution < -0.4 is 0 Å². The lowest BCUT2D eigenvalue weighted by atomic mass is 9.48. The molecule has 4 unspecified atom stereocenters. The molecule has 3 N–H and O–H groups in total. The fourth-order valence-electron chi connectivity index (χ4n) is 10.6. The number of cyclic esters (lactones) is 1. The number of hydrogen-bond donors (Lipinski definition) is 3. The number of methoxy groups -OCH3 is 1. The van der Waals surface area contributed by atoms with Gasteiger partial charge >= 0.3 is 11.9 Å². The number of hydrogen-bond acceptors (Lipinski definition) is 10. The molecule has 10 nitrogen and oxygen atoms in total. The van der Waals surface area contributed by atoms with E-state index in [0.29, 0.717) is 18.4 Å². The number of carbonyl (C=O) groups is 3. The molecule has 10 heteroatoms. The van der Waals surface area contributed by atoms with Crippen LogP contribution in [0.3, 0.4) is 0 Å². The summed E-state index contributed by atoms with van der Waals surface area (Å²) in [6, 6.07) is 1.74. The zero-order valence-electron chi connectivity index (χ0n) is 21.2. The Balaban J connectivity index is 1.45. The fourth-order valence-corrected chi connectivity index (χ4v) is 10.6. The third-order valence-corrected chi connectivity index (χ3v) is 11.9. The highest BCUT2D eigenvalue weighted by atomic mass is 16.7. The van der Waals surface area contributed by atoms with Gasteiger partial charge in [-0.1, -0.05) is 20.8 Å². The Kier molecular flexibility index (Phi) is 4.17. The number of ketones is 1. The average Bonchev–Trinajstić information content (AvgIpc) is 3.11. The van der Waals surface area contributed by atoms with Gasteiger partial charge in [-0.15, -0.1) is 0 Å². The summed E-state index contributed by atoms with van der Waals surface area (Å²) < 4.78 is 22.7. The molecule has 200 valence electrons. The number of rotatable bonds is 3. The van der Waals surface area contributed by atoms with Crippen LogP contribution >= 0.6 is 0 Å². The summed E-state index contributed by atoms with van der Waals surface area (Å²) in [6.07, 6.45) is 0.133. The molecule has 2 aliphatic heterocycles. The van der Waals surface area contributed by atoms with Gasteiger partial charge in [0.2, 0.25) is 0 Å². The summed E-state index contributed by atoms with van der Waals surface area (Å²) in [6.45, 7) is 5.44. The van der Waals surface area contributed by atoms with Crippen LogP contribution in [0.2, 0.25) is 0 Å². The number of furan rings is 1. The molecule has 2 spiro atoms. The van der Waals surface area contributed by atoms with Crippen molar-refractivity contribution in [1.29, 1.82) is 0 Å². The van der Waals surface area contributed by atoms with Crippen LogP contribution in [0, 0.1) is 34.0 Å². The number of ether oxygens (including phenoxy) is 3. The number of epoxide rings is 1. The Morgan fingerprint density at radius 3 is 2.62 bits per heavy atom. The van der Waals surface area contributed by atoms with Crippen LogP contribution in [0.1, 0.15) is 58.1 Å². The van der Waals surface area contributed by atoms with Crippen LogP contribution in [-0.4, -0.2) is 69.2 Å². The van der Waals surface area contributed by atoms with Crippen molar-refractivity contribution < 1.29 is 48.3 Å². The monoisotopic (exact) mass is 516 g/mol. The molecule has 2 bridgehead atoms.